The summed E-state index contributed by atoms with van der Waals surface area (Å²) < 4.78 is 5.75. The minimum absolute atomic E-state index is 0.0971. The summed E-state index contributed by atoms with van der Waals surface area (Å²) in [5, 5.41) is 2.91. The molecule has 1 N–H and O–H groups in total. The molecular weight excluding hydrogens is 338 g/mol. The number of para-hydroxylation sites is 2. The van der Waals surface area contributed by atoms with Crippen LogP contribution < -0.4 is 10.1 Å². The predicted molar refractivity (Wildman–Crippen MR) is 108 cm³/mol. The first-order valence-electron chi connectivity index (χ1n) is 9.29. The second kappa shape index (κ2) is 8.62. The number of nitrogens with zero attached hydrogens (tertiary/aromatic N) is 2. The van der Waals surface area contributed by atoms with E-state index in [9.17, 15) is 4.79 Å². The molecule has 1 aromatic heterocycles. The first-order valence-corrected chi connectivity index (χ1v) is 9.29. The van der Waals surface area contributed by atoms with Crippen molar-refractivity contribution in [3.05, 3.63) is 54.7 Å². The molecule has 0 spiro atoms. The van der Waals surface area contributed by atoms with Gasteiger partial charge < -0.3 is 10.1 Å². The van der Waals surface area contributed by atoms with Crippen molar-refractivity contribution in [1.82, 2.24) is 15.3 Å². The van der Waals surface area contributed by atoms with E-state index in [4.69, 9.17) is 4.74 Å². The van der Waals surface area contributed by atoms with Crippen molar-refractivity contribution < 1.29 is 9.53 Å². The molecular formula is C22H25N3O2. The number of benzene rings is 2. The van der Waals surface area contributed by atoms with Crippen LogP contribution >= 0.6 is 0 Å². The fourth-order valence-corrected chi connectivity index (χ4v) is 2.69. The van der Waals surface area contributed by atoms with Crippen molar-refractivity contribution in [2.45, 2.75) is 33.3 Å². The van der Waals surface area contributed by atoms with Gasteiger partial charge in [0.2, 0.25) is 0 Å². The van der Waals surface area contributed by atoms with Crippen LogP contribution in [0.4, 0.5) is 0 Å². The normalized spacial score (nSPS) is 12.1. The van der Waals surface area contributed by atoms with E-state index in [0.717, 1.165) is 28.7 Å². The first-order chi connectivity index (χ1) is 13.0. The van der Waals surface area contributed by atoms with Crippen LogP contribution in [0.25, 0.3) is 22.3 Å². The second-order valence-corrected chi connectivity index (χ2v) is 7.00. The van der Waals surface area contributed by atoms with Crippen molar-refractivity contribution in [3.63, 3.8) is 0 Å². The molecule has 0 bridgehead atoms. The molecule has 3 aromatic rings. The Bertz CT molecular complexity index is 907. The molecule has 27 heavy (non-hydrogen) atoms. The molecule has 1 amide bonds. The second-order valence-electron chi connectivity index (χ2n) is 7.00. The Morgan fingerprint density at radius 1 is 1.04 bits per heavy atom. The molecule has 140 valence electrons. The molecule has 0 radical (unpaired) electrons. The van der Waals surface area contributed by atoms with Crippen LogP contribution in [0.2, 0.25) is 0 Å². The van der Waals surface area contributed by atoms with E-state index < -0.39 is 6.10 Å². The van der Waals surface area contributed by atoms with Gasteiger partial charge >= 0.3 is 0 Å². The fourth-order valence-electron chi connectivity index (χ4n) is 2.69. The van der Waals surface area contributed by atoms with Gasteiger partial charge in [0.1, 0.15) is 5.75 Å². The van der Waals surface area contributed by atoms with Crippen LogP contribution in [0.15, 0.2) is 54.7 Å². The van der Waals surface area contributed by atoms with Gasteiger partial charge in [-0.3, -0.25) is 9.78 Å². The Kier molecular flexibility index (Phi) is 6.01. The predicted octanol–water partition coefficient (Wildman–Crippen LogP) is 4.23. The molecule has 3 rings (SSSR count). The summed E-state index contributed by atoms with van der Waals surface area (Å²) >= 11 is 0. The maximum atomic E-state index is 12.1. The molecule has 0 saturated carbocycles. The number of fused-ring (bicyclic) bond motifs is 1. The highest BCUT2D eigenvalue weighted by Crippen LogP contribution is 2.22. The number of hydrogen-bond acceptors (Lipinski definition) is 4. The third-order valence-electron chi connectivity index (χ3n) is 4.30. The smallest absolute Gasteiger partial charge is 0.260 e. The van der Waals surface area contributed by atoms with E-state index in [1.807, 2.05) is 48.5 Å². The summed E-state index contributed by atoms with van der Waals surface area (Å²) in [5.41, 5.74) is 3.50. The maximum Gasteiger partial charge on any atom is 0.260 e. The highest BCUT2D eigenvalue weighted by molar-refractivity contribution is 5.80. The van der Waals surface area contributed by atoms with Crippen LogP contribution in [0.5, 0.6) is 5.75 Å². The molecule has 1 heterocycles. The molecule has 0 fully saturated rings. The van der Waals surface area contributed by atoms with Crippen LogP contribution in [0, 0.1) is 5.92 Å². The molecule has 0 aliphatic heterocycles. The van der Waals surface area contributed by atoms with Crippen molar-refractivity contribution in [2.75, 3.05) is 6.54 Å². The Hall–Kier alpha value is -2.95. The number of amides is 1. The Morgan fingerprint density at radius 3 is 2.44 bits per heavy atom. The topological polar surface area (TPSA) is 64.1 Å². The minimum atomic E-state index is -0.538. The number of ether oxygens (including phenoxy) is 1. The monoisotopic (exact) mass is 363 g/mol. The summed E-state index contributed by atoms with van der Waals surface area (Å²) in [6, 6.07) is 15.3. The molecule has 0 saturated heterocycles. The lowest BCUT2D eigenvalue weighted by atomic mass is 10.1. The third-order valence-corrected chi connectivity index (χ3v) is 4.30. The molecule has 2 aromatic carbocycles. The standard InChI is InChI=1S/C22H25N3O2/c1-15(2)12-13-23-22(26)16(3)27-18-10-8-17(9-11-18)21-14-24-19-6-4-5-7-20(19)25-21/h4-11,14-16H,12-13H2,1-3H3,(H,23,26). The van der Waals surface area contributed by atoms with Gasteiger partial charge in [-0.25, -0.2) is 4.98 Å². The van der Waals surface area contributed by atoms with Crippen molar-refractivity contribution in [2.24, 2.45) is 5.92 Å². The molecule has 5 heteroatoms. The van der Waals surface area contributed by atoms with E-state index in [2.05, 4.69) is 29.1 Å². The largest absolute Gasteiger partial charge is 0.481 e. The lowest BCUT2D eigenvalue weighted by molar-refractivity contribution is -0.127. The number of aromatic nitrogens is 2. The lowest BCUT2D eigenvalue weighted by Gasteiger charge is -2.15. The van der Waals surface area contributed by atoms with Crippen LogP contribution in [0.3, 0.4) is 0 Å². The van der Waals surface area contributed by atoms with E-state index in [1.54, 1.807) is 13.1 Å². The average Bonchev–Trinajstić information content (AvgIpc) is 2.67. The van der Waals surface area contributed by atoms with Gasteiger partial charge in [-0.1, -0.05) is 26.0 Å². The quantitative estimate of drug-likeness (QED) is 0.682. The highest BCUT2D eigenvalue weighted by atomic mass is 16.5. The SMILES string of the molecule is CC(C)CCNC(=O)C(C)Oc1ccc(-c2cnc3ccccc3n2)cc1. The zero-order valence-electron chi connectivity index (χ0n) is 16.0. The van der Waals surface area contributed by atoms with Crippen LogP contribution in [0.1, 0.15) is 27.2 Å². The zero-order chi connectivity index (χ0) is 19.2. The lowest BCUT2D eigenvalue weighted by Crippen LogP contribution is -2.37. The van der Waals surface area contributed by atoms with E-state index in [0.29, 0.717) is 18.2 Å². The van der Waals surface area contributed by atoms with Gasteiger partial charge in [0.25, 0.3) is 5.91 Å². The summed E-state index contributed by atoms with van der Waals surface area (Å²) in [6.07, 6.45) is 2.19. The van der Waals surface area contributed by atoms with Gasteiger partial charge in [0.15, 0.2) is 6.10 Å². The molecule has 0 aliphatic rings. The van der Waals surface area contributed by atoms with Gasteiger partial charge in [0.05, 0.1) is 22.9 Å². The number of nitrogens with one attached hydrogen (secondary N) is 1. The van der Waals surface area contributed by atoms with Crippen molar-refractivity contribution in [3.8, 4) is 17.0 Å². The minimum Gasteiger partial charge on any atom is -0.481 e. The number of rotatable bonds is 7. The molecule has 1 atom stereocenters. The van der Waals surface area contributed by atoms with Crippen LogP contribution in [-0.2, 0) is 4.79 Å². The fraction of sp³-hybridized carbons (Fsp3) is 0.318. The summed E-state index contributed by atoms with van der Waals surface area (Å²) in [4.78, 5) is 21.2. The molecule has 0 aliphatic carbocycles. The Labute approximate surface area is 159 Å². The molecule has 5 nitrogen and oxygen atoms in total. The van der Waals surface area contributed by atoms with E-state index >= 15 is 0 Å². The van der Waals surface area contributed by atoms with Gasteiger partial charge in [-0.15, -0.1) is 0 Å². The maximum absolute atomic E-state index is 12.1. The zero-order valence-corrected chi connectivity index (χ0v) is 16.0. The molecule has 1 unspecified atom stereocenters. The Balaban J connectivity index is 1.63. The summed E-state index contributed by atoms with van der Waals surface area (Å²) in [5.74, 6) is 1.12. The first kappa shape index (κ1) is 18.8. The average molecular weight is 363 g/mol. The number of carbonyl (C=O) groups excluding carboxylic acids is 1. The van der Waals surface area contributed by atoms with Gasteiger partial charge in [-0.2, -0.15) is 0 Å². The summed E-state index contributed by atoms with van der Waals surface area (Å²) in [7, 11) is 0. The van der Waals surface area contributed by atoms with Crippen molar-refractivity contribution >= 4 is 16.9 Å². The van der Waals surface area contributed by atoms with E-state index in [1.165, 1.54) is 0 Å². The highest BCUT2D eigenvalue weighted by Gasteiger charge is 2.14. The van der Waals surface area contributed by atoms with Crippen LogP contribution in [-0.4, -0.2) is 28.5 Å². The third kappa shape index (κ3) is 5.03. The van der Waals surface area contributed by atoms with Gasteiger partial charge in [0, 0.05) is 12.1 Å². The number of hydrogen-bond donors (Lipinski definition) is 1. The Morgan fingerprint density at radius 2 is 1.74 bits per heavy atom. The van der Waals surface area contributed by atoms with Gasteiger partial charge in [-0.05, 0) is 55.7 Å². The number of carbonyl (C=O) groups is 1. The van der Waals surface area contributed by atoms with Crippen molar-refractivity contribution in [1.29, 1.82) is 0 Å². The summed E-state index contributed by atoms with van der Waals surface area (Å²) in [6.45, 7) is 6.69. The van der Waals surface area contributed by atoms with E-state index in [-0.39, 0.29) is 5.91 Å².